The van der Waals surface area contributed by atoms with Crippen molar-refractivity contribution in [2.75, 3.05) is 14.2 Å². The van der Waals surface area contributed by atoms with Crippen LogP contribution in [0.5, 0.6) is 11.5 Å². The van der Waals surface area contributed by atoms with E-state index in [1.54, 1.807) is 36.4 Å². The van der Waals surface area contributed by atoms with Gasteiger partial charge in [-0.3, -0.25) is 19.0 Å². The maximum Gasteiger partial charge on any atom is 0.348 e. The summed E-state index contributed by atoms with van der Waals surface area (Å²) >= 11 is 0. The fourth-order valence-electron chi connectivity index (χ4n) is 3.05. The van der Waals surface area contributed by atoms with Gasteiger partial charge in [-0.25, -0.2) is 9.48 Å². The Morgan fingerprint density at radius 1 is 0.867 bits per heavy atom. The number of hydrogen-bond acceptors (Lipinski definition) is 7. The van der Waals surface area contributed by atoms with Gasteiger partial charge in [0.2, 0.25) is 0 Å². The number of nitrogens with zero attached hydrogens (tertiary/aromatic N) is 3. The second-order valence-corrected chi connectivity index (χ2v) is 6.39. The summed E-state index contributed by atoms with van der Waals surface area (Å²) in [5.74, 6) is 0.919. The second kappa shape index (κ2) is 8.99. The van der Waals surface area contributed by atoms with Crippen molar-refractivity contribution in [3.8, 4) is 11.5 Å². The summed E-state index contributed by atoms with van der Waals surface area (Å²) in [5, 5.41) is 3.92. The third-order valence-electron chi connectivity index (χ3n) is 4.55. The molecule has 0 aliphatic heterocycles. The summed E-state index contributed by atoms with van der Waals surface area (Å²) < 4.78 is 12.7. The summed E-state index contributed by atoms with van der Waals surface area (Å²) in [5.41, 5.74) is 0.622. The molecule has 0 radical (unpaired) electrons. The molecule has 0 aliphatic rings. The molecule has 0 amide bonds. The zero-order valence-electron chi connectivity index (χ0n) is 16.4. The van der Waals surface area contributed by atoms with E-state index in [4.69, 9.17) is 9.47 Å². The molecule has 30 heavy (non-hydrogen) atoms. The molecule has 0 aliphatic carbocycles. The quantitative estimate of drug-likeness (QED) is 0.513. The predicted octanol–water partition coefficient (Wildman–Crippen LogP) is 1.14. The third-order valence-corrected chi connectivity index (χ3v) is 4.55. The number of rotatable bonds is 8. The lowest BCUT2D eigenvalue weighted by molar-refractivity contribution is 0.111. The van der Waals surface area contributed by atoms with Gasteiger partial charge >= 0.3 is 5.69 Å². The molecule has 0 saturated heterocycles. The minimum Gasteiger partial charge on any atom is -0.496 e. The van der Waals surface area contributed by atoms with Crippen molar-refractivity contribution in [2.24, 2.45) is 0 Å². The number of hydrogen-bond donors (Lipinski definition) is 0. The van der Waals surface area contributed by atoms with Gasteiger partial charge in [-0.05, 0) is 36.4 Å². The fraction of sp³-hybridized carbons (Fsp3) is 0.190. The largest absolute Gasteiger partial charge is 0.496 e. The zero-order chi connectivity index (χ0) is 21.7. The van der Waals surface area contributed by atoms with E-state index >= 15 is 0 Å². The van der Waals surface area contributed by atoms with E-state index in [1.807, 2.05) is 0 Å². The highest BCUT2D eigenvalue weighted by molar-refractivity contribution is 5.76. The van der Waals surface area contributed by atoms with E-state index in [2.05, 4.69) is 5.10 Å². The van der Waals surface area contributed by atoms with Crippen molar-refractivity contribution in [1.29, 1.82) is 0 Å². The van der Waals surface area contributed by atoms with Crippen LogP contribution in [0.3, 0.4) is 0 Å². The summed E-state index contributed by atoms with van der Waals surface area (Å²) in [6.07, 6.45) is 2.39. The van der Waals surface area contributed by atoms with Crippen molar-refractivity contribution >= 4 is 12.6 Å². The van der Waals surface area contributed by atoms with Crippen LogP contribution in [0.1, 0.15) is 31.8 Å². The molecule has 0 atom stereocenters. The van der Waals surface area contributed by atoms with Crippen molar-refractivity contribution in [1.82, 2.24) is 14.3 Å². The molecule has 0 unspecified atom stereocenters. The molecule has 0 saturated carbocycles. The van der Waals surface area contributed by atoms with Crippen LogP contribution in [-0.4, -0.2) is 41.1 Å². The molecule has 3 aromatic rings. The predicted molar refractivity (Wildman–Crippen MR) is 108 cm³/mol. The highest BCUT2D eigenvalue weighted by Crippen LogP contribution is 2.21. The number of ether oxygens (including phenoxy) is 2. The molecule has 1 heterocycles. The maximum absolute atomic E-state index is 12.9. The Morgan fingerprint density at radius 2 is 1.40 bits per heavy atom. The number of aldehydes is 2. The highest BCUT2D eigenvalue weighted by Gasteiger charge is 2.13. The Balaban J connectivity index is 2.04. The molecule has 154 valence electrons. The lowest BCUT2D eigenvalue weighted by Crippen LogP contribution is -2.41. The van der Waals surface area contributed by atoms with E-state index in [-0.39, 0.29) is 13.1 Å². The Bertz CT molecular complexity index is 1210. The number of aromatic nitrogens is 3. The lowest BCUT2D eigenvalue weighted by atomic mass is 10.1. The summed E-state index contributed by atoms with van der Waals surface area (Å²) in [6, 6.07) is 9.54. The van der Waals surface area contributed by atoms with Crippen LogP contribution in [0.2, 0.25) is 0 Å². The number of methoxy groups -OCH3 is 2. The average Bonchev–Trinajstić information content (AvgIpc) is 2.78. The van der Waals surface area contributed by atoms with Crippen molar-refractivity contribution in [3.05, 3.63) is 85.7 Å². The van der Waals surface area contributed by atoms with Gasteiger partial charge in [-0.1, -0.05) is 0 Å². The Kier molecular flexibility index (Phi) is 6.21. The SMILES string of the molecule is COc1ccc(C=O)cc1Cn1ncc(=O)n(Cc2cc(C=O)ccc2OC)c1=O. The van der Waals surface area contributed by atoms with Crippen LogP contribution in [0, 0.1) is 0 Å². The minimum atomic E-state index is -0.653. The average molecular weight is 409 g/mol. The normalized spacial score (nSPS) is 10.5. The molecule has 9 heteroatoms. The molecule has 0 N–H and O–H groups in total. The molecular weight excluding hydrogens is 390 g/mol. The first-order chi connectivity index (χ1) is 14.5. The fourth-order valence-corrected chi connectivity index (χ4v) is 3.05. The Labute approximate surface area is 171 Å². The molecule has 0 spiro atoms. The number of carbonyl (C=O) groups excluding carboxylic acids is 2. The summed E-state index contributed by atoms with van der Waals surface area (Å²) in [6.45, 7) is -0.105. The van der Waals surface area contributed by atoms with Crippen LogP contribution < -0.4 is 20.7 Å². The van der Waals surface area contributed by atoms with E-state index in [9.17, 15) is 19.2 Å². The number of benzene rings is 2. The molecule has 9 nitrogen and oxygen atoms in total. The van der Waals surface area contributed by atoms with Crippen molar-refractivity contribution in [2.45, 2.75) is 13.1 Å². The van der Waals surface area contributed by atoms with Gasteiger partial charge in [-0.15, -0.1) is 0 Å². The topological polar surface area (TPSA) is 109 Å². The van der Waals surface area contributed by atoms with E-state index in [0.29, 0.717) is 46.3 Å². The van der Waals surface area contributed by atoms with E-state index in [0.717, 1.165) is 15.4 Å². The smallest absolute Gasteiger partial charge is 0.348 e. The molecule has 0 fully saturated rings. The lowest BCUT2D eigenvalue weighted by Gasteiger charge is -2.13. The Hall–Kier alpha value is -4.01. The highest BCUT2D eigenvalue weighted by atomic mass is 16.5. The number of carbonyl (C=O) groups is 2. The van der Waals surface area contributed by atoms with Crippen LogP contribution in [0.25, 0.3) is 0 Å². The van der Waals surface area contributed by atoms with Gasteiger partial charge in [0.05, 0.1) is 27.3 Å². The molecule has 2 aromatic carbocycles. The van der Waals surface area contributed by atoms with E-state index < -0.39 is 11.2 Å². The summed E-state index contributed by atoms with van der Waals surface area (Å²) in [4.78, 5) is 47.5. The Morgan fingerprint density at radius 3 is 1.90 bits per heavy atom. The van der Waals surface area contributed by atoms with Gasteiger partial charge in [-0.2, -0.15) is 5.10 Å². The molecule has 3 rings (SSSR count). The third kappa shape index (κ3) is 4.19. The van der Waals surface area contributed by atoms with Gasteiger partial charge in [0.1, 0.15) is 30.3 Å². The molecule has 1 aromatic heterocycles. The zero-order valence-corrected chi connectivity index (χ0v) is 16.4. The van der Waals surface area contributed by atoms with Gasteiger partial charge in [0.25, 0.3) is 5.56 Å². The van der Waals surface area contributed by atoms with E-state index in [1.165, 1.54) is 14.2 Å². The monoisotopic (exact) mass is 409 g/mol. The molecule has 0 bridgehead atoms. The summed E-state index contributed by atoms with van der Waals surface area (Å²) in [7, 11) is 2.93. The van der Waals surface area contributed by atoms with Gasteiger partial charge < -0.3 is 9.47 Å². The van der Waals surface area contributed by atoms with Crippen LogP contribution in [-0.2, 0) is 13.1 Å². The van der Waals surface area contributed by atoms with Crippen LogP contribution in [0.15, 0.2) is 52.2 Å². The van der Waals surface area contributed by atoms with Gasteiger partial charge in [0, 0.05) is 22.3 Å². The van der Waals surface area contributed by atoms with Crippen LogP contribution >= 0.6 is 0 Å². The van der Waals surface area contributed by atoms with Crippen LogP contribution in [0.4, 0.5) is 0 Å². The first-order valence-corrected chi connectivity index (χ1v) is 8.92. The van der Waals surface area contributed by atoms with Crippen molar-refractivity contribution < 1.29 is 19.1 Å². The second-order valence-electron chi connectivity index (χ2n) is 6.39. The van der Waals surface area contributed by atoms with Gasteiger partial charge in [0.15, 0.2) is 0 Å². The standard InChI is InChI=1S/C21H19N3O6/c1-29-18-5-3-14(12-25)7-16(18)10-23-20(27)9-22-24(21(23)28)11-17-8-15(13-26)4-6-19(17)30-2/h3-9,12-13H,10-11H2,1-2H3. The minimum absolute atomic E-state index is 0.00449. The molecular formula is C21H19N3O6. The maximum atomic E-state index is 12.9. The first kappa shape index (κ1) is 20.7. The van der Waals surface area contributed by atoms with Crippen molar-refractivity contribution in [3.63, 3.8) is 0 Å². The first-order valence-electron chi connectivity index (χ1n) is 8.92.